The lowest BCUT2D eigenvalue weighted by molar-refractivity contribution is -0.117. The van der Waals surface area contributed by atoms with Crippen molar-refractivity contribution >= 4 is 37.5 Å². The van der Waals surface area contributed by atoms with E-state index in [2.05, 4.69) is 14.8 Å². The number of unbranched alkanes of at least 4 members (excludes halogenated alkanes) is 1. The van der Waals surface area contributed by atoms with Crippen LogP contribution >= 0.6 is 8.60 Å². The first kappa shape index (κ1) is 26.3. The molecule has 0 saturated heterocycles. The highest BCUT2D eigenvalue weighted by Gasteiger charge is 2.13. The zero-order chi connectivity index (χ0) is 23.2. The number of anilines is 4. The SMILES string of the molecule is NCCCCC(N)C(=O)Nc1ccc(N)c(N)n1.Nc1ccccc1OCOP(O)O. The lowest BCUT2D eigenvalue weighted by Gasteiger charge is -2.12. The molecule has 172 valence electrons. The number of nitrogen functional groups attached to an aromatic ring is 3. The van der Waals surface area contributed by atoms with Crippen molar-refractivity contribution in [2.24, 2.45) is 11.5 Å². The summed E-state index contributed by atoms with van der Waals surface area (Å²) in [7, 11) is -2.37. The van der Waals surface area contributed by atoms with Crippen molar-refractivity contribution < 1.29 is 23.8 Å². The van der Waals surface area contributed by atoms with Crippen LogP contribution in [0.15, 0.2) is 36.4 Å². The summed E-state index contributed by atoms with van der Waals surface area (Å²) < 4.78 is 9.40. The van der Waals surface area contributed by atoms with Crippen molar-refractivity contribution in [1.29, 1.82) is 0 Å². The van der Waals surface area contributed by atoms with Crippen molar-refractivity contribution in [3.8, 4) is 5.75 Å². The third-order valence-electron chi connectivity index (χ3n) is 3.82. The van der Waals surface area contributed by atoms with Crippen LogP contribution in [0.4, 0.5) is 23.0 Å². The quantitative estimate of drug-likeness (QED) is 0.106. The van der Waals surface area contributed by atoms with E-state index in [1.54, 1.807) is 36.4 Å². The Hall–Kier alpha value is -2.73. The van der Waals surface area contributed by atoms with Crippen molar-refractivity contribution in [3.63, 3.8) is 0 Å². The minimum absolute atomic E-state index is 0.185. The number of benzene rings is 1. The van der Waals surface area contributed by atoms with E-state index in [-0.39, 0.29) is 18.5 Å². The van der Waals surface area contributed by atoms with Gasteiger partial charge in [0, 0.05) is 0 Å². The number of pyridine rings is 1. The molecule has 12 nitrogen and oxygen atoms in total. The third kappa shape index (κ3) is 10.7. The summed E-state index contributed by atoms with van der Waals surface area (Å²) in [4.78, 5) is 32.4. The fourth-order valence-electron chi connectivity index (χ4n) is 2.16. The molecule has 0 aliphatic carbocycles. The van der Waals surface area contributed by atoms with Gasteiger partial charge < -0.3 is 48.5 Å². The highest BCUT2D eigenvalue weighted by molar-refractivity contribution is 7.39. The number of para-hydroxylation sites is 2. The molecule has 0 bridgehead atoms. The predicted octanol–water partition coefficient (Wildman–Crippen LogP) is 0.474. The Kier molecular flexibility index (Phi) is 12.1. The second kappa shape index (κ2) is 14.3. The number of rotatable bonds is 10. The van der Waals surface area contributed by atoms with E-state index < -0.39 is 14.6 Å². The lowest BCUT2D eigenvalue weighted by atomic mass is 10.1. The van der Waals surface area contributed by atoms with Crippen LogP contribution in [0.1, 0.15) is 19.3 Å². The van der Waals surface area contributed by atoms with Crippen molar-refractivity contribution in [2.75, 3.05) is 35.9 Å². The number of nitrogens with one attached hydrogen (secondary N) is 1. The molecule has 1 unspecified atom stereocenters. The van der Waals surface area contributed by atoms with Crippen molar-refractivity contribution in [2.45, 2.75) is 25.3 Å². The highest BCUT2D eigenvalue weighted by atomic mass is 31.2. The lowest BCUT2D eigenvalue weighted by Crippen LogP contribution is -2.35. The Labute approximate surface area is 181 Å². The van der Waals surface area contributed by atoms with Crippen LogP contribution in [0, 0.1) is 0 Å². The molecule has 0 saturated carbocycles. The van der Waals surface area contributed by atoms with Gasteiger partial charge in [0.25, 0.3) is 0 Å². The number of nitrogens with zero attached hydrogens (tertiary/aromatic N) is 1. The Balaban J connectivity index is 0.000000327. The first-order valence-corrected chi connectivity index (χ1v) is 10.5. The standard InChI is InChI=1S/C11H20N6O.C7H10NO4P/c12-6-2-1-3-8(14)11(18)17-9-5-4-7(13)10(15)16-9;8-6-3-1-2-4-7(6)11-5-12-13(9)10/h4-5,8H,1-3,6,12-14H2,(H3,15,16,17,18);1-4,9-10H,5,8H2. The van der Waals surface area contributed by atoms with E-state index in [0.717, 1.165) is 12.8 Å². The molecule has 1 heterocycles. The van der Waals surface area contributed by atoms with E-state index in [4.69, 9.17) is 43.2 Å². The van der Waals surface area contributed by atoms with Gasteiger partial charge in [-0.1, -0.05) is 18.6 Å². The van der Waals surface area contributed by atoms with Gasteiger partial charge in [-0.3, -0.25) is 9.32 Å². The molecule has 13 heteroatoms. The Bertz CT molecular complexity index is 813. The first-order chi connectivity index (χ1) is 14.7. The van der Waals surface area contributed by atoms with Gasteiger partial charge in [0.05, 0.1) is 17.4 Å². The van der Waals surface area contributed by atoms with Crippen LogP contribution in [-0.2, 0) is 9.32 Å². The zero-order valence-electron chi connectivity index (χ0n) is 17.0. The van der Waals surface area contributed by atoms with Crippen LogP contribution in [0.5, 0.6) is 5.75 Å². The fraction of sp³-hybridized carbons (Fsp3) is 0.333. The van der Waals surface area contributed by atoms with E-state index in [1.165, 1.54) is 0 Å². The molecule has 1 atom stereocenters. The molecular weight excluding hydrogens is 425 g/mol. The second-order valence-electron chi connectivity index (χ2n) is 6.23. The van der Waals surface area contributed by atoms with Crippen LogP contribution in [0.2, 0.25) is 0 Å². The molecule has 13 N–H and O–H groups in total. The number of carbonyl (C=O) groups is 1. The number of amides is 1. The van der Waals surface area contributed by atoms with Crippen LogP contribution in [0.25, 0.3) is 0 Å². The van der Waals surface area contributed by atoms with Crippen LogP contribution in [-0.4, -0.2) is 40.1 Å². The Morgan fingerprint density at radius 3 is 2.42 bits per heavy atom. The number of ether oxygens (including phenoxy) is 1. The van der Waals surface area contributed by atoms with Gasteiger partial charge >= 0.3 is 8.60 Å². The summed E-state index contributed by atoms with van der Waals surface area (Å²) in [6, 6.07) is 9.46. The molecule has 1 aromatic heterocycles. The topological polar surface area (TPSA) is 231 Å². The summed E-state index contributed by atoms with van der Waals surface area (Å²) in [6.07, 6.45) is 2.27. The Morgan fingerprint density at radius 1 is 1.10 bits per heavy atom. The maximum absolute atomic E-state index is 11.7. The van der Waals surface area contributed by atoms with E-state index in [0.29, 0.717) is 35.9 Å². The molecule has 0 aliphatic heterocycles. The molecule has 0 fully saturated rings. The van der Waals surface area contributed by atoms with Gasteiger partial charge in [-0.15, -0.1) is 0 Å². The van der Waals surface area contributed by atoms with Gasteiger partial charge in [-0.05, 0) is 43.7 Å². The maximum Gasteiger partial charge on any atom is 0.330 e. The minimum atomic E-state index is -2.37. The monoisotopic (exact) mass is 455 g/mol. The molecule has 1 aromatic carbocycles. The summed E-state index contributed by atoms with van der Waals surface area (Å²) >= 11 is 0. The van der Waals surface area contributed by atoms with Gasteiger partial charge in [0.1, 0.15) is 17.4 Å². The van der Waals surface area contributed by atoms with Crippen molar-refractivity contribution in [3.05, 3.63) is 36.4 Å². The normalized spacial score (nSPS) is 11.4. The summed E-state index contributed by atoms with van der Waals surface area (Å²) in [6.45, 7) is 0.372. The van der Waals surface area contributed by atoms with Crippen molar-refractivity contribution in [1.82, 2.24) is 4.98 Å². The van der Waals surface area contributed by atoms with Crippen LogP contribution < -0.4 is 38.7 Å². The smallest absolute Gasteiger partial charge is 0.330 e. The molecule has 2 aromatic rings. The minimum Gasteiger partial charge on any atom is -0.465 e. The van der Waals surface area contributed by atoms with Gasteiger partial charge in [0.2, 0.25) is 5.91 Å². The van der Waals surface area contributed by atoms with Gasteiger partial charge in [0.15, 0.2) is 6.79 Å². The van der Waals surface area contributed by atoms with E-state index in [9.17, 15) is 4.79 Å². The largest absolute Gasteiger partial charge is 0.465 e. The summed E-state index contributed by atoms with van der Waals surface area (Å²) in [5, 5.41) is 2.59. The first-order valence-electron chi connectivity index (χ1n) is 9.31. The molecule has 2 rings (SSSR count). The number of hydrogen-bond donors (Lipinski definition) is 8. The molecule has 0 aliphatic rings. The number of aromatic nitrogens is 1. The second-order valence-corrected chi connectivity index (χ2v) is 7.00. The maximum atomic E-state index is 11.7. The molecule has 1 amide bonds. The molecule has 31 heavy (non-hydrogen) atoms. The average Bonchev–Trinajstić information content (AvgIpc) is 2.72. The summed E-state index contributed by atoms with van der Waals surface area (Å²) in [5.74, 6) is 0.702. The number of hydrogen-bond acceptors (Lipinski definition) is 11. The van der Waals surface area contributed by atoms with E-state index in [1.807, 2.05) is 0 Å². The average molecular weight is 455 g/mol. The number of carbonyl (C=O) groups excluding carboxylic acids is 1. The molecule has 0 spiro atoms. The van der Waals surface area contributed by atoms with Gasteiger partial charge in [-0.2, -0.15) is 0 Å². The van der Waals surface area contributed by atoms with Gasteiger partial charge in [-0.25, -0.2) is 4.98 Å². The Morgan fingerprint density at radius 2 is 1.81 bits per heavy atom. The summed E-state index contributed by atoms with van der Waals surface area (Å²) in [5.41, 5.74) is 28.6. The van der Waals surface area contributed by atoms with Crippen LogP contribution in [0.3, 0.4) is 0 Å². The number of nitrogens with two attached hydrogens (primary N) is 5. The zero-order valence-corrected chi connectivity index (χ0v) is 17.9. The molecular formula is C18H30N7O5P. The molecule has 0 radical (unpaired) electrons. The van der Waals surface area contributed by atoms with E-state index >= 15 is 0 Å². The third-order valence-corrected chi connectivity index (χ3v) is 4.15. The fourth-order valence-corrected chi connectivity index (χ4v) is 2.31. The predicted molar refractivity (Wildman–Crippen MR) is 121 cm³/mol. The highest BCUT2D eigenvalue weighted by Crippen LogP contribution is 2.26.